The van der Waals surface area contributed by atoms with Crippen LogP contribution in [-0.2, 0) is 11.2 Å². The maximum Gasteiger partial charge on any atom is 0.303 e. The van der Waals surface area contributed by atoms with Crippen LogP contribution in [0.4, 0.5) is 5.69 Å². The van der Waals surface area contributed by atoms with Crippen molar-refractivity contribution in [1.82, 2.24) is 0 Å². The predicted molar refractivity (Wildman–Crippen MR) is 122 cm³/mol. The highest BCUT2D eigenvalue weighted by Crippen LogP contribution is 2.40. The lowest BCUT2D eigenvalue weighted by Crippen LogP contribution is -2.23. The van der Waals surface area contributed by atoms with E-state index < -0.39 is 5.97 Å². The molecule has 3 aromatic rings. The lowest BCUT2D eigenvalue weighted by atomic mass is 9.88. The number of nitrogens with two attached hydrogens (primary N) is 1. The van der Waals surface area contributed by atoms with E-state index in [4.69, 9.17) is 15.6 Å². The number of carbonyl (C=O) groups is 1. The summed E-state index contributed by atoms with van der Waals surface area (Å²) >= 11 is 0. The van der Waals surface area contributed by atoms with Crippen molar-refractivity contribution in [3.8, 4) is 16.9 Å². The van der Waals surface area contributed by atoms with Crippen molar-refractivity contribution in [2.24, 2.45) is 5.92 Å². The van der Waals surface area contributed by atoms with Crippen molar-refractivity contribution in [1.29, 1.82) is 0 Å². The van der Waals surface area contributed by atoms with Crippen LogP contribution in [0.3, 0.4) is 0 Å². The fourth-order valence-corrected chi connectivity index (χ4v) is 4.33. The van der Waals surface area contributed by atoms with Gasteiger partial charge in [0.1, 0.15) is 5.75 Å². The number of carboxylic acids is 1. The maximum atomic E-state index is 11.1. The van der Waals surface area contributed by atoms with Crippen LogP contribution in [0.2, 0.25) is 0 Å². The number of carboxylic acid groups (broad SMARTS) is 1. The first-order valence-electron chi connectivity index (χ1n) is 10.8. The van der Waals surface area contributed by atoms with Gasteiger partial charge < -0.3 is 15.6 Å². The Balaban J connectivity index is 1.74. The Bertz CT molecular complexity index is 1050. The zero-order chi connectivity index (χ0) is 21.1. The summed E-state index contributed by atoms with van der Waals surface area (Å²) in [6, 6.07) is 18.5. The average Bonchev–Trinajstić information content (AvgIpc) is 2.75. The summed E-state index contributed by atoms with van der Waals surface area (Å²) in [6.45, 7) is 2.29. The van der Waals surface area contributed by atoms with Crippen LogP contribution in [0, 0.1) is 5.92 Å². The number of ether oxygens (including phenoxy) is 1. The van der Waals surface area contributed by atoms with Crippen molar-refractivity contribution >= 4 is 22.4 Å². The summed E-state index contributed by atoms with van der Waals surface area (Å²) in [5.74, 6) is 0.668. The molecule has 0 unspecified atom stereocenters. The molecule has 3 aromatic carbocycles. The molecule has 4 heteroatoms. The molecule has 0 bridgehead atoms. The van der Waals surface area contributed by atoms with Gasteiger partial charge in [0.2, 0.25) is 0 Å². The first kappa shape index (κ1) is 20.3. The molecule has 1 fully saturated rings. The Kier molecular flexibility index (Phi) is 5.93. The van der Waals surface area contributed by atoms with Crippen LogP contribution in [0.5, 0.6) is 5.75 Å². The number of hydrogen-bond acceptors (Lipinski definition) is 3. The van der Waals surface area contributed by atoms with E-state index in [1.54, 1.807) is 0 Å². The minimum absolute atomic E-state index is 0.0807. The number of hydrogen-bond donors (Lipinski definition) is 2. The van der Waals surface area contributed by atoms with Crippen molar-refractivity contribution in [2.75, 3.05) is 5.73 Å². The van der Waals surface area contributed by atoms with Gasteiger partial charge >= 0.3 is 5.97 Å². The molecular formula is C26H29NO3. The molecule has 0 amide bonds. The van der Waals surface area contributed by atoms with Crippen LogP contribution in [0.1, 0.15) is 44.6 Å². The lowest BCUT2D eigenvalue weighted by Gasteiger charge is -2.28. The molecule has 0 aliphatic heterocycles. The number of fused-ring (bicyclic) bond motifs is 1. The highest BCUT2D eigenvalue weighted by atomic mass is 16.5. The van der Waals surface area contributed by atoms with E-state index in [9.17, 15) is 4.79 Å². The van der Waals surface area contributed by atoms with Gasteiger partial charge in [-0.1, -0.05) is 43.3 Å². The van der Waals surface area contributed by atoms with Gasteiger partial charge in [-0.2, -0.15) is 0 Å². The molecule has 0 saturated heterocycles. The third-order valence-electron chi connectivity index (χ3n) is 6.11. The van der Waals surface area contributed by atoms with Crippen molar-refractivity contribution in [3.63, 3.8) is 0 Å². The highest BCUT2D eigenvalue weighted by molar-refractivity contribution is 5.89. The third kappa shape index (κ3) is 4.59. The van der Waals surface area contributed by atoms with Gasteiger partial charge in [0.25, 0.3) is 0 Å². The zero-order valence-electron chi connectivity index (χ0n) is 17.4. The molecule has 0 aromatic heterocycles. The average molecular weight is 404 g/mol. The van der Waals surface area contributed by atoms with Crippen LogP contribution >= 0.6 is 0 Å². The van der Waals surface area contributed by atoms with Gasteiger partial charge in [-0.15, -0.1) is 0 Å². The monoisotopic (exact) mass is 403 g/mol. The fraction of sp³-hybridized carbons (Fsp3) is 0.346. The number of anilines is 1. The topological polar surface area (TPSA) is 72.5 Å². The normalized spacial score (nSPS) is 19.0. The molecular weight excluding hydrogens is 374 g/mol. The summed E-state index contributed by atoms with van der Waals surface area (Å²) in [7, 11) is 0. The van der Waals surface area contributed by atoms with Gasteiger partial charge in [-0.05, 0) is 78.1 Å². The number of aryl methyl sites for hydroxylation is 1. The standard InChI is InChI=1S/C26H29NO3/c1-17-6-11-22(12-7-17)30-26-23(14-18(15-24(26)27)8-13-25(28)29)21-10-9-19-4-2-3-5-20(19)16-21/h2-5,9-10,14-17,22H,6-8,11-13,27H2,1H3,(H,28,29). The van der Waals surface area contributed by atoms with E-state index in [1.807, 2.05) is 24.3 Å². The molecule has 1 aliphatic rings. The number of benzene rings is 3. The predicted octanol–water partition coefficient (Wildman–Crippen LogP) is 6.06. The summed E-state index contributed by atoms with van der Waals surface area (Å²) in [6.07, 6.45) is 5.13. The van der Waals surface area contributed by atoms with Gasteiger partial charge in [0.15, 0.2) is 0 Å². The van der Waals surface area contributed by atoms with E-state index in [-0.39, 0.29) is 12.5 Å². The summed E-state index contributed by atoms with van der Waals surface area (Å²) in [5, 5.41) is 11.4. The third-order valence-corrected chi connectivity index (χ3v) is 6.11. The molecule has 1 aliphatic carbocycles. The lowest BCUT2D eigenvalue weighted by molar-refractivity contribution is -0.136. The Labute approximate surface area is 177 Å². The van der Waals surface area contributed by atoms with Crippen molar-refractivity contribution in [3.05, 3.63) is 60.2 Å². The molecule has 0 spiro atoms. The minimum atomic E-state index is -0.808. The number of rotatable bonds is 6. The van der Waals surface area contributed by atoms with E-state index in [1.165, 1.54) is 18.2 Å². The Morgan fingerprint density at radius 2 is 1.77 bits per heavy atom. The van der Waals surface area contributed by atoms with Gasteiger partial charge in [0, 0.05) is 12.0 Å². The first-order valence-corrected chi connectivity index (χ1v) is 10.8. The van der Waals surface area contributed by atoms with Crippen LogP contribution in [0.15, 0.2) is 54.6 Å². The minimum Gasteiger partial charge on any atom is -0.488 e. The molecule has 0 atom stereocenters. The Hall–Kier alpha value is -3.01. The Morgan fingerprint density at radius 1 is 1.03 bits per heavy atom. The SMILES string of the molecule is CC1CCC(Oc2c(N)cc(CCC(=O)O)cc2-c2ccc3ccccc3c2)CC1. The quantitative estimate of drug-likeness (QED) is 0.490. The van der Waals surface area contributed by atoms with Crippen LogP contribution < -0.4 is 10.5 Å². The fourth-order valence-electron chi connectivity index (χ4n) is 4.33. The van der Waals surface area contributed by atoms with Crippen LogP contribution in [-0.4, -0.2) is 17.2 Å². The number of aliphatic carboxylic acids is 1. The molecule has 1 saturated carbocycles. The second-order valence-corrected chi connectivity index (χ2v) is 8.52. The van der Waals surface area contributed by atoms with Crippen molar-refractivity contribution in [2.45, 2.75) is 51.6 Å². The molecule has 4 rings (SSSR count). The summed E-state index contributed by atoms with van der Waals surface area (Å²) < 4.78 is 6.47. The van der Waals surface area contributed by atoms with Gasteiger partial charge in [0.05, 0.1) is 11.8 Å². The van der Waals surface area contributed by atoms with Gasteiger partial charge in [-0.3, -0.25) is 4.79 Å². The molecule has 30 heavy (non-hydrogen) atoms. The Morgan fingerprint density at radius 3 is 2.50 bits per heavy atom. The molecule has 156 valence electrons. The van der Waals surface area contributed by atoms with Crippen molar-refractivity contribution < 1.29 is 14.6 Å². The van der Waals surface area contributed by atoms with Crippen LogP contribution in [0.25, 0.3) is 21.9 Å². The maximum absolute atomic E-state index is 11.1. The summed E-state index contributed by atoms with van der Waals surface area (Å²) in [4.78, 5) is 11.1. The zero-order valence-corrected chi connectivity index (χ0v) is 17.4. The van der Waals surface area contributed by atoms with E-state index in [0.29, 0.717) is 12.1 Å². The number of nitrogen functional groups attached to an aromatic ring is 1. The van der Waals surface area contributed by atoms with Gasteiger partial charge in [-0.25, -0.2) is 0 Å². The second-order valence-electron chi connectivity index (χ2n) is 8.52. The molecule has 3 N–H and O–H groups in total. The first-order chi connectivity index (χ1) is 14.5. The second kappa shape index (κ2) is 8.78. The molecule has 0 heterocycles. The van der Waals surface area contributed by atoms with E-state index in [0.717, 1.165) is 46.6 Å². The molecule has 0 radical (unpaired) electrons. The molecule has 4 nitrogen and oxygen atoms in total. The largest absolute Gasteiger partial charge is 0.488 e. The smallest absolute Gasteiger partial charge is 0.303 e. The highest BCUT2D eigenvalue weighted by Gasteiger charge is 2.22. The van der Waals surface area contributed by atoms with E-state index >= 15 is 0 Å². The van der Waals surface area contributed by atoms with E-state index in [2.05, 4.69) is 37.3 Å². The summed E-state index contributed by atoms with van der Waals surface area (Å²) in [5.41, 5.74) is 9.94.